The van der Waals surface area contributed by atoms with E-state index in [9.17, 15) is 14.7 Å². The fourth-order valence-corrected chi connectivity index (χ4v) is 3.79. The van der Waals surface area contributed by atoms with Crippen LogP contribution in [-0.2, 0) is 0 Å². The zero-order chi connectivity index (χ0) is 22.4. The van der Waals surface area contributed by atoms with Gasteiger partial charge in [0.05, 0.1) is 11.3 Å². The lowest BCUT2D eigenvalue weighted by Crippen LogP contribution is -2.20. The van der Waals surface area contributed by atoms with Crippen LogP contribution in [0, 0.1) is 0 Å². The highest BCUT2D eigenvalue weighted by atomic mass is 79.9. The molecule has 0 bridgehead atoms. The van der Waals surface area contributed by atoms with Gasteiger partial charge in [0.25, 0.3) is 5.91 Å². The summed E-state index contributed by atoms with van der Waals surface area (Å²) in [6.45, 7) is 0. The Bertz CT molecular complexity index is 1150. The minimum atomic E-state index is -1.13. The summed E-state index contributed by atoms with van der Waals surface area (Å²) in [5.74, 6) is -1.56. The minimum absolute atomic E-state index is 0.00476. The van der Waals surface area contributed by atoms with E-state index in [0.29, 0.717) is 20.8 Å². The Kier molecular flexibility index (Phi) is 7.67. The Morgan fingerprint density at radius 1 is 0.935 bits per heavy atom. The van der Waals surface area contributed by atoms with Gasteiger partial charge in [-0.05, 0) is 73.1 Å². The van der Waals surface area contributed by atoms with Gasteiger partial charge in [0.1, 0.15) is 0 Å². The number of thiocarbonyl (C=S) groups is 1. The number of carbonyl (C=O) groups excluding carboxylic acids is 1. The van der Waals surface area contributed by atoms with E-state index < -0.39 is 11.9 Å². The van der Waals surface area contributed by atoms with Crippen molar-refractivity contribution in [1.29, 1.82) is 0 Å². The fraction of sp³-hybridized carbons (Fsp3) is 0.0455. The molecule has 0 spiro atoms. The number of thioether (sulfide) groups is 1. The molecule has 3 aromatic rings. The molecule has 0 aliphatic heterocycles. The van der Waals surface area contributed by atoms with Crippen molar-refractivity contribution in [3.8, 4) is 0 Å². The minimum Gasteiger partial charge on any atom is -0.478 e. The summed E-state index contributed by atoms with van der Waals surface area (Å²) in [5, 5.41) is 18.6. The summed E-state index contributed by atoms with van der Waals surface area (Å²) >= 11 is 10.2. The molecule has 0 unspecified atom stereocenters. The summed E-state index contributed by atoms with van der Waals surface area (Å²) in [6.07, 6.45) is 2.00. The predicted octanol–water partition coefficient (Wildman–Crippen LogP) is 5.93. The van der Waals surface area contributed by atoms with Crippen LogP contribution in [0.4, 0.5) is 17.1 Å². The van der Waals surface area contributed by atoms with Gasteiger partial charge in [0.2, 0.25) is 0 Å². The molecule has 0 aliphatic carbocycles. The maximum Gasteiger partial charge on any atom is 0.337 e. The van der Waals surface area contributed by atoms with Gasteiger partial charge in [-0.25, -0.2) is 4.79 Å². The van der Waals surface area contributed by atoms with Crippen molar-refractivity contribution < 1.29 is 14.7 Å². The molecule has 6 nitrogen and oxygen atoms in total. The van der Waals surface area contributed by atoms with E-state index in [4.69, 9.17) is 12.2 Å². The number of hydrogen-bond donors (Lipinski definition) is 4. The number of halogens is 1. The number of carbonyl (C=O) groups is 2. The predicted molar refractivity (Wildman–Crippen MR) is 134 cm³/mol. The maximum absolute atomic E-state index is 12.7. The van der Waals surface area contributed by atoms with Gasteiger partial charge >= 0.3 is 5.97 Å². The second kappa shape index (κ2) is 10.4. The number of benzene rings is 3. The lowest BCUT2D eigenvalue weighted by atomic mass is 10.1. The van der Waals surface area contributed by atoms with Crippen LogP contribution in [-0.4, -0.2) is 28.4 Å². The Hall–Kier alpha value is -2.88. The molecule has 1 amide bonds. The summed E-state index contributed by atoms with van der Waals surface area (Å²) < 4.78 is 0.609. The highest BCUT2D eigenvalue weighted by molar-refractivity contribution is 9.10. The Labute approximate surface area is 197 Å². The number of carboxylic acid groups (broad SMARTS) is 1. The molecular weight excluding hydrogens is 498 g/mol. The standard InChI is InChI=1S/C22H18BrN3O3S2/c1-31-17-7-3-6-16(12-17)25-22(30)24-15-5-2-4-13(10-15)20(27)26-19-9-8-14(23)11-18(19)21(28)29/h2-12H,1H3,(H,26,27)(H,28,29)(H2,24,25,30). The van der Waals surface area contributed by atoms with Crippen molar-refractivity contribution in [3.05, 3.63) is 82.3 Å². The summed E-state index contributed by atoms with van der Waals surface area (Å²) in [6, 6.07) is 19.3. The topological polar surface area (TPSA) is 90.5 Å². The molecule has 0 saturated heterocycles. The number of hydrogen-bond acceptors (Lipinski definition) is 4. The number of rotatable bonds is 6. The normalized spacial score (nSPS) is 10.3. The van der Waals surface area contributed by atoms with Gasteiger partial charge in [-0.2, -0.15) is 0 Å². The van der Waals surface area contributed by atoms with Crippen LogP contribution in [0.5, 0.6) is 0 Å². The van der Waals surface area contributed by atoms with E-state index in [1.807, 2.05) is 30.5 Å². The van der Waals surface area contributed by atoms with Crippen molar-refractivity contribution in [2.45, 2.75) is 4.90 Å². The van der Waals surface area contributed by atoms with Crippen LogP contribution < -0.4 is 16.0 Å². The molecule has 4 N–H and O–H groups in total. The molecule has 0 atom stereocenters. The molecule has 0 radical (unpaired) electrons. The highest BCUT2D eigenvalue weighted by Crippen LogP contribution is 2.23. The van der Waals surface area contributed by atoms with E-state index in [0.717, 1.165) is 10.6 Å². The van der Waals surface area contributed by atoms with Crippen LogP contribution >= 0.6 is 39.9 Å². The van der Waals surface area contributed by atoms with Crippen molar-refractivity contribution in [3.63, 3.8) is 0 Å². The average Bonchev–Trinajstić information content (AvgIpc) is 2.75. The Morgan fingerprint density at radius 2 is 1.61 bits per heavy atom. The van der Waals surface area contributed by atoms with Crippen molar-refractivity contribution in [2.75, 3.05) is 22.2 Å². The molecule has 3 rings (SSSR count). The first-order valence-corrected chi connectivity index (χ1v) is 11.4. The zero-order valence-electron chi connectivity index (χ0n) is 16.3. The first kappa shape index (κ1) is 22.8. The number of aromatic carboxylic acids is 1. The third kappa shape index (κ3) is 6.30. The van der Waals surface area contributed by atoms with Crippen LogP contribution in [0.3, 0.4) is 0 Å². The van der Waals surface area contributed by atoms with Gasteiger partial charge < -0.3 is 21.1 Å². The monoisotopic (exact) mass is 515 g/mol. The number of anilines is 3. The molecule has 0 aromatic heterocycles. The lowest BCUT2D eigenvalue weighted by Gasteiger charge is -2.13. The van der Waals surface area contributed by atoms with Gasteiger partial charge in [0.15, 0.2) is 5.11 Å². The molecule has 31 heavy (non-hydrogen) atoms. The van der Waals surface area contributed by atoms with Crippen LogP contribution in [0.25, 0.3) is 0 Å². The first-order valence-electron chi connectivity index (χ1n) is 9.02. The Morgan fingerprint density at radius 3 is 2.29 bits per heavy atom. The second-order valence-electron chi connectivity index (χ2n) is 6.34. The second-order valence-corrected chi connectivity index (χ2v) is 8.54. The molecule has 0 aliphatic rings. The summed E-state index contributed by atoms with van der Waals surface area (Å²) in [7, 11) is 0. The molecule has 3 aromatic carbocycles. The van der Waals surface area contributed by atoms with Gasteiger partial charge in [-0.3, -0.25) is 4.79 Å². The van der Waals surface area contributed by atoms with Gasteiger partial charge in [-0.1, -0.05) is 28.1 Å². The quantitative estimate of drug-likeness (QED) is 0.239. The summed E-state index contributed by atoms with van der Waals surface area (Å²) in [5.41, 5.74) is 2.05. The average molecular weight is 516 g/mol. The molecule has 158 valence electrons. The number of amides is 1. The molecule has 9 heteroatoms. The Balaban J connectivity index is 1.70. The van der Waals surface area contributed by atoms with Crippen molar-refractivity contribution in [2.24, 2.45) is 0 Å². The van der Waals surface area contributed by atoms with Gasteiger partial charge in [0, 0.05) is 26.3 Å². The highest BCUT2D eigenvalue weighted by Gasteiger charge is 2.14. The van der Waals surface area contributed by atoms with Crippen molar-refractivity contribution >= 4 is 74.0 Å². The van der Waals surface area contributed by atoms with Gasteiger partial charge in [-0.15, -0.1) is 11.8 Å². The third-order valence-corrected chi connectivity index (χ3v) is 5.59. The van der Waals surface area contributed by atoms with Crippen molar-refractivity contribution in [1.82, 2.24) is 0 Å². The van der Waals surface area contributed by atoms with Crippen LogP contribution in [0.2, 0.25) is 0 Å². The largest absolute Gasteiger partial charge is 0.478 e. The van der Waals surface area contributed by atoms with Crippen LogP contribution in [0.1, 0.15) is 20.7 Å². The van der Waals surface area contributed by atoms with E-state index in [1.165, 1.54) is 12.1 Å². The zero-order valence-corrected chi connectivity index (χ0v) is 19.5. The number of carboxylic acids is 1. The van der Waals surface area contributed by atoms with E-state index in [2.05, 4.69) is 31.9 Å². The fourth-order valence-electron chi connectivity index (χ4n) is 2.73. The summed E-state index contributed by atoms with van der Waals surface area (Å²) in [4.78, 5) is 25.2. The molecule has 0 fully saturated rings. The SMILES string of the molecule is CSc1cccc(NC(=S)Nc2cccc(C(=O)Nc3ccc(Br)cc3C(=O)O)c2)c1. The van der Waals surface area contributed by atoms with Crippen LogP contribution in [0.15, 0.2) is 76.1 Å². The smallest absolute Gasteiger partial charge is 0.337 e. The maximum atomic E-state index is 12.7. The molecule has 0 saturated carbocycles. The lowest BCUT2D eigenvalue weighted by molar-refractivity contribution is 0.0698. The van der Waals surface area contributed by atoms with E-state index in [1.54, 1.807) is 42.1 Å². The third-order valence-electron chi connectivity index (χ3n) is 4.17. The number of nitrogens with one attached hydrogen (secondary N) is 3. The molecular formula is C22H18BrN3O3S2. The molecule has 0 heterocycles. The van der Waals surface area contributed by atoms with E-state index in [-0.39, 0.29) is 11.3 Å². The first-order chi connectivity index (χ1) is 14.9. The van der Waals surface area contributed by atoms with E-state index >= 15 is 0 Å².